The molecule has 15 heavy (non-hydrogen) atoms. The first-order valence-electron chi connectivity index (χ1n) is 5.84. The van der Waals surface area contributed by atoms with E-state index in [4.69, 9.17) is 0 Å². The smallest absolute Gasteiger partial charge is 0.164 e. The summed E-state index contributed by atoms with van der Waals surface area (Å²) < 4.78 is 2.05. The van der Waals surface area contributed by atoms with E-state index in [0.29, 0.717) is 6.04 Å². The molecule has 1 aliphatic carbocycles. The van der Waals surface area contributed by atoms with Gasteiger partial charge in [-0.3, -0.25) is 0 Å². The van der Waals surface area contributed by atoms with Gasteiger partial charge in [0.2, 0.25) is 0 Å². The van der Waals surface area contributed by atoms with E-state index in [0.717, 1.165) is 18.3 Å². The van der Waals surface area contributed by atoms with Gasteiger partial charge in [0.1, 0.15) is 6.33 Å². The fourth-order valence-corrected chi connectivity index (χ4v) is 2.23. The van der Waals surface area contributed by atoms with Gasteiger partial charge in [-0.1, -0.05) is 6.92 Å². The van der Waals surface area contributed by atoms with Gasteiger partial charge in [-0.2, -0.15) is 5.10 Å². The molecule has 0 unspecified atom stereocenters. The molecule has 0 amide bonds. The molecule has 0 spiro atoms. The summed E-state index contributed by atoms with van der Waals surface area (Å²) >= 11 is 0. The van der Waals surface area contributed by atoms with Crippen LogP contribution in [0.4, 0.5) is 0 Å². The topological polar surface area (TPSA) is 42.7 Å². The molecule has 0 radical (unpaired) electrons. The average Bonchev–Trinajstić information content (AvgIpc) is 2.68. The Morgan fingerprint density at radius 1 is 1.40 bits per heavy atom. The van der Waals surface area contributed by atoms with Gasteiger partial charge in [0.05, 0.1) is 12.6 Å². The molecule has 4 nitrogen and oxygen atoms in total. The van der Waals surface area contributed by atoms with Crippen LogP contribution in [0.5, 0.6) is 0 Å². The van der Waals surface area contributed by atoms with Crippen molar-refractivity contribution in [3.05, 3.63) is 12.2 Å². The zero-order valence-electron chi connectivity index (χ0n) is 9.61. The first-order valence-corrected chi connectivity index (χ1v) is 5.84. The first kappa shape index (κ1) is 10.6. The van der Waals surface area contributed by atoms with Crippen LogP contribution in [0.25, 0.3) is 0 Å². The summed E-state index contributed by atoms with van der Waals surface area (Å²) in [6.45, 7) is 3.10. The predicted molar refractivity (Wildman–Crippen MR) is 59.5 cm³/mol. The van der Waals surface area contributed by atoms with Crippen LogP contribution in [0.2, 0.25) is 0 Å². The van der Waals surface area contributed by atoms with E-state index >= 15 is 0 Å². The van der Waals surface area contributed by atoms with Crippen molar-refractivity contribution < 1.29 is 0 Å². The van der Waals surface area contributed by atoms with Gasteiger partial charge in [0, 0.05) is 0 Å². The number of hydrogen-bond donors (Lipinski definition) is 1. The second kappa shape index (κ2) is 4.75. The standard InChI is InChI=1S/C11H20N4/c1-9-3-5-10(6-4-9)15-8-13-11(14-15)7-12-2/h8-10,12H,3-7H2,1-2H3. The third-order valence-corrected chi connectivity index (χ3v) is 3.25. The molecule has 0 aliphatic heterocycles. The van der Waals surface area contributed by atoms with Crippen molar-refractivity contribution in [1.29, 1.82) is 0 Å². The minimum absolute atomic E-state index is 0.583. The zero-order valence-corrected chi connectivity index (χ0v) is 9.61. The van der Waals surface area contributed by atoms with Gasteiger partial charge < -0.3 is 5.32 Å². The molecule has 0 saturated heterocycles. The molecule has 1 aromatic heterocycles. The lowest BCUT2D eigenvalue weighted by Gasteiger charge is -2.25. The summed E-state index contributed by atoms with van der Waals surface area (Å²) in [5.41, 5.74) is 0. The summed E-state index contributed by atoms with van der Waals surface area (Å²) in [7, 11) is 1.92. The minimum Gasteiger partial charge on any atom is -0.313 e. The number of hydrogen-bond acceptors (Lipinski definition) is 3. The Morgan fingerprint density at radius 3 is 2.80 bits per heavy atom. The maximum absolute atomic E-state index is 4.49. The van der Waals surface area contributed by atoms with Crippen LogP contribution in [-0.4, -0.2) is 21.8 Å². The molecule has 0 bridgehead atoms. The Bertz CT molecular complexity index is 299. The molecule has 1 aliphatic rings. The maximum atomic E-state index is 4.49. The number of rotatable bonds is 3. The lowest BCUT2D eigenvalue weighted by Crippen LogP contribution is -2.17. The van der Waals surface area contributed by atoms with E-state index in [-0.39, 0.29) is 0 Å². The third-order valence-electron chi connectivity index (χ3n) is 3.25. The molecule has 1 aromatic rings. The molecule has 1 heterocycles. The van der Waals surface area contributed by atoms with E-state index in [1.54, 1.807) is 0 Å². The van der Waals surface area contributed by atoms with E-state index in [9.17, 15) is 0 Å². The number of nitrogens with zero attached hydrogens (tertiary/aromatic N) is 3. The van der Waals surface area contributed by atoms with Gasteiger partial charge in [0.25, 0.3) is 0 Å². The minimum atomic E-state index is 0.583. The molecule has 0 atom stereocenters. The Morgan fingerprint density at radius 2 is 2.13 bits per heavy atom. The van der Waals surface area contributed by atoms with Crippen LogP contribution in [0.3, 0.4) is 0 Å². The first-order chi connectivity index (χ1) is 7.29. The SMILES string of the molecule is CNCc1ncn(C2CCC(C)CC2)n1. The van der Waals surface area contributed by atoms with Crippen molar-refractivity contribution in [3.63, 3.8) is 0 Å². The van der Waals surface area contributed by atoms with E-state index in [1.807, 2.05) is 13.4 Å². The fraction of sp³-hybridized carbons (Fsp3) is 0.818. The molecular weight excluding hydrogens is 188 g/mol. The summed E-state index contributed by atoms with van der Waals surface area (Å²) in [5, 5.41) is 7.56. The second-order valence-corrected chi connectivity index (χ2v) is 4.58. The lowest BCUT2D eigenvalue weighted by molar-refractivity contribution is 0.272. The molecule has 0 aromatic carbocycles. The van der Waals surface area contributed by atoms with Crippen molar-refractivity contribution in [2.75, 3.05) is 7.05 Å². The van der Waals surface area contributed by atoms with E-state index < -0.39 is 0 Å². The van der Waals surface area contributed by atoms with Crippen LogP contribution in [-0.2, 0) is 6.54 Å². The normalized spacial score (nSPS) is 26.8. The van der Waals surface area contributed by atoms with Crippen molar-refractivity contribution >= 4 is 0 Å². The molecule has 1 saturated carbocycles. The van der Waals surface area contributed by atoms with Crippen molar-refractivity contribution in [1.82, 2.24) is 20.1 Å². The monoisotopic (exact) mass is 208 g/mol. The van der Waals surface area contributed by atoms with Gasteiger partial charge in [-0.05, 0) is 38.6 Å². The van der Waals surface area contributed by atoms with Crippen LogP contribution >= 0.6 is 0 Å². The molecule has 2 rings (SSSR count). The third kappa shape index (κ3) is 2.56. The lowest BCUT2D eigenvalue weighted by atomic mass is 9.87. The Labute approximate surface area is 91.1 Å². The molecule has 1 N–H and O–H groups in total. The highest BCUT2D eigenvalue weighted by molar-refractivity contribution is 4.84. The zero-order chi connectivity index (χ0) is 10.7. The molecular formula is C11H20N4. The van der Waals surface area contributed by atoms with Crippen molar-refractivity contribution in [2.24, 2.45) is 5.92 Å². The van der Waals surface area contributed by atoms with E-state index in [2.05, 4.69) is 27.0 Å². The number of aromatic nitrogens is 3. The quantitative estimate of drug-likeness (QED) is 0.823. The second-order valence-electron chi connectivity index (χ2n) is 4.58. The van der Waals surface area contributed by atoms with Crippen molar-refractivity contribution in [3.8, 4) is 0 Å². The van der Waals surface area contributed by atoms with Crippen LogP contribution < -0.4 is 5.32 Å². The highest BCUT2D eigenvalue weighted by Crippen LogP contribution is 2.30. The van der Waals surface area contributed by atoms with Crippen LogP contribution in [0.15, 0.2) is 6.33 Å². The predicted octanol–water partition coefficient (Wildman–Crippen LogP) is 1.75. The number of nitrogens with one attached hydrogen (secondary N) is 1. The van der Waals surface area contributed by atoms with Crippen LogP contribution in [0.1, 0.15) is 44.5 Å². The van der Waals surface area contributed by atoms with E-state index in [1.165, 1.54) is 25.7 Å². The van der Waals surface area contributed by atoms with Gasteiger partial charge in [0.15, 0.2) is 5.82 Å². The van der Waals surface area contributed by atoms with Gasteiger partial charge in [-0.15, -0.1) is 0 Å². The summed E-state index contributed by atoms with van der Waals surface area (Å²) in [6, 6.07) is 0.583. The summed E-state index contributed by atoms with van der Waals surface area (Å²) in [4.78, 5) is 4.29. The van der Waals surface area contributed by atoms with Gasteiger partial charge in [-0.25, -0.2) is 9.67 Å². The molecule has 1 fully saturated rings. The summed E-state index contributed by atoms with van der Waals surface area (Å²) in [6.07, 6.45) is 7.04. The molecule has 4 heteroatoms. The molecule has 84 valence electrons. The maximum Gasteiger partial charge on any atom is 0.164 e. The Hall–Kier alpha value is -0.900. The fourth-order valence-electron chi connectivity index (χ4n) is 2.23. The average molecular weight is 208 g/mol. The Balaban J connectivity index is 1.96. The largest absolute Gasteiger partial charge is 0.313 e. The van der Waals surface area contributed by atoms with Gasteiger partial charge >= 0.3 is 0 Å². The highest BCUT2D eigenvalue weighted by atomic mass is 15.3. The van der Waals surface area contributed by atoms with Crippen molar-refractivity contribution in [2.45, 2.75) is 45.2 Å². The Kier molecular flexibility index (Phi) is 3.36. The summed E-state index contributed by atoms with van der Waals surface area (Å²) in [5.74, 6) is 1.79. The highest BCUT2D eigenvalue weighted by Gasteiger charge is 2.20. The van der Waals surface area contributed by atoms with Crippen LogP contribution in [0, 0.1) is 5.92 Å².